The molecule has 1 unspecified atom stereocenters. The summed E-state index contributed by atoms with van der Waals surface area (Å²) in [5.41, 5.74) is 5.43. The van der Waals surface area contributed by atoms with Crippen LogP contribution in [0.2, 0.25) is 0 Å². The Labute approximate surface area is 162 Å². The first-order valence-corrected chi connectivity index (χ1v) is 8.77. The summed E-state index contributed by atoms with van der Waals surface area (Å²) >= 11 is 0. The molecule has 9 nitrogen and oxygen atoms in total. The number of nitrogens with two attached hydrogens (primary N) is 1. The van der Waals surface area contributed by atoms with Crippen molar-refractivity contribution in [2.45, 2.75) is 51.8 Å². The molecule has 2 amide bonds. The van der Waals surface area contributed by atoms with Gasteiger partial charge >= 0.3 is 11.9 Å². The van der Waals surface area contributed by atoms with Gasteiger partial charge in [-0.05, 0) is 51.0 Å². The van der Waals surface area contributed by atoms with Gasteiger partial charge in [0.05, 0.1) is 0 Å². The van der Waals surface area contributed by atoms with E-state index in [2.05, 4.69) is 0 Å². The maximum Gasteiger partial charge on any atom is 0.341 e. The number of aliphatic carboxylic acids is 1. The first kappa shape index (κ1) is 21.2. The van der Waals surface area contributed by atoms with Crippen molar-refractivity contribution in [2.24, 2.45) is 5.73 Å². The standard InChI is InChI=1S/C19H24N2O7/c1-19(2,3)28-18(26)14(6-7-15(20)22)21-9-11-8-12(27-10-16(23)24)4-5-13(11)17(21)25/h4-5,8,14H,6-7,9-10H2,1-3H3,(H2,20,22)(H,23,24). The smallest absolute Gasteiger partial charge is 0.341 e. The normalized spacial score (nSPS) is 14.4. The zero-order chi connectivity index (χ0) is 21.1. The van der Waals surface area contributed by atoms with Crippen molar-refractivity contribution in [1.82, 2.24) is 4.90 Å². The second-order valence-electron chi connectivity index (χ2n) is 7.49. The minimum atomic E-state index is -1.12. The molecule has 2 rings (SSSR count). The summed E-state index contributed by atoms with van der Waals surface area (Å²) in [4.78, 5) is 48.6. The van der Waals surface area contributed by atoms with Crippen LogP contribution in [0.25, 0.3) is 0 Å². The predicted octanol–water partition coefficient (Wildman–Crippen LogP) is 1.08. The molecule has 0 aromatic heterocycles. The van der Waals surface area contributed by atoms with E-state index in [1.807, 2.05) is 0 Å². The average Bonchev–Trinajstić information content (AvgIpc) is 2.87. The van der Waals surface area contributed by atoms with Gasteiger partial charge in [0.1, 0.15) is 17.4 Å². The number of hydrogen-bond donors (Lipinski definition) is 2. The molecule has 1 aliphatic rings. The molecule has 9 heteroatoms. The molecule has 0 bridgehead atoms. The molecular weight excluding hydrogens is 368 g/mol. The topological polar surface area (TPSA) is 136 Å². The molecule has 152 valence electrons. The summed E-state index contributed by atoms with van der Waals surface area (Å²) in [5.74, 6) is -2.38. The number of esters is 1. The number of primary amides is 1. The van der Waals surface area contributed by atoms with Gasteiger partial charge in [0.25, 0.3) is 5.91 Å². The number of carboxylic acids is 1. The molecule has 1 heterocycles. The number of nitrogens with zero attached hydrogens (tertiary/aromatic N) is 1. The van der Waals surface area contributed by atoms with Crippen LogP contribution in [0.3, 0.4) is 0 Å². The van der Waals surface area contributed by atoms with Gasteiger partial charge in [-0.25, -0.2) is 9.59 Å². The van der Waals surface area contributed by atoms with Crippen molar-refractivity contribution < 1.29 is 33.8 Å². The quantitative estimate of drug-likeness (QED) is 0.632. The van der Waals surface area contributed by atoms with E-state index < -0.39 is 36.1 Å². The Kier molecular flexibility index (Phi) is 6.27. The second-order valence-corrected chi connectivity index (χ2v) is 7.49. The lowest BCUT2D eigenvalue weighted by Gasteiger charge is -2.29. The first-order chi connectivity index (χ1) is 13.0. The molecule has 1 aliphatic heterocycles. The number of carbonyl (C=O) groups is 4. The number of benzene rings is 1. The predicted molar refractivity (Wildman–Crippen MR) is 97.5 cm³/mol. The monoisotopic (exact) mass is 392 g/mol. The van der Waals surface area contributed by atoms with Crippen LogP contribution in [0, 0.1) is 0 Å². The number of ether oxygens (including phenoxy) is 2. The third-order valence-electron chi connectivity index (χ3n) is 3.99. The Bertz CT molecular complexity index is 798. The van der Waals surface area contributed by atoms with Gasteiger partial charge in [0.15, 0.2) is 6.61 Å². The lowest BCUT2D eigenvalue weighted by molar-refractivity contribution is -0.161. The van der Waals surface area contributed by atoms with Crippen molar-refractivity contribution in [3.63, 3.8) is 0 Å². The van der Waals surface area contributed by atoms with E-state index in [9.17, 15) is 19.2 Å². The fraction of sp³-hybridized carbons (Fsp3) is 0.474. The maximum atomic E-state index is 12.8. The van der Waals surface area contributed by atoms with E-state index in [4.69, 9.17) is 20.3 Å². The molecule has 0 spiro atoms. The second kappa shape index (κ2) is 8.28. The zero-order valence-corrected chi connectivity index (χ0v) is 16.1. The number of carboxylic acid groups (broad SMARTS) is 1. The third-order valence-corrected chi connectivity index (χ3v) is 3.99. The van der Waals surface area contributed by atoms with Crippen molar-refractivity contribution in [3.05, 3.63) is 29.3 Å². The van der Waals surface area contributed by atoms with Gasteiger partial charge in [0, 0.05) is 18.5 Å². The molecule has 0 fully saturated rings. The first-order valence-electron chi connectivity index (χ1n) is 8.77. The van der Waals surface area contributed by atoms with E-state index >= 15 is 0 Å². The molecule has 1 atom stereocenters. The van der Waals surface area contributed by atoms with Gasteiger partial charge in [-0.3, -0.25) is 9.59 Å². The van der Waals surface area contributed by atoms with Gasteiger partial charge < -0.3 is 25.2 Å². The zero-order valence-electron chi connectivity index (χ0n) is 16.1. The molecule has 0 radical (unpaired) electrons. The van der Waals surface area contributed by atoms with Crippen LogP contribution in [-0.2, 0) is 25.7 Å². The summed E-state index contributed by atoms with van der Waals surface area (Å²) in [5, 5.41) is 8.71. The Hall–Kier alpha value is -3.10. The van der Waals surface area contributed by atoms with Crippen LogP contribution < -0.4 is 10.5 Å². The highest BCUT2D eigenvalue weighted by molar-refractivity contribution is 6.00. The van der Waals surface area contributed by atoms with Gasteiger partial charge in [-0.15, -0.1) is 0 Å². The SMILES string of the molecule is CC(C)(C)OC(=O)C(CCC(N)=O)N1Cc2cc(OCC(=O)O)ccc2C1=O. The lowest BCUT2D eigenvalue weighted by Crippen LogP contribution is -2.45. The molecule has 1 aromatic carbocycles. The number of hydrogen-bond acceptors (Lipinski definition) is 6. The van der Waals surface area contributed by atoms with Crippen LogP contribution in [-0.4, -0.2) is 52.0 Å². The fourth-order valence-corrected chi connectivity index (χ4v) is 2.86. The van der Waals surface area contributed by atoms with Gasteiger partial charge in [-0.1, -0.05) is 0 Å². The summed E-state index contributed by atoms with van der Waals surface area (Å²) in [6, 6.07) is 3.62. The highest BCUT2D eigenvalue weighted by Gasteiger charge is 2.38. The molecular formula is C19H24N2O7. The minimum absolute atomic E-state index is 0.0480. The summed E-state index contributed by atoms with van der Waals surface area (Å²) in [6.07, 6.45) is -0.0245. The van der Waals surface area contributed by atoms with E-state index in [-0.39, 0.29) is 25.3 Å². The number of rotatable bonds is 8. The van der Waals surface area contributed by atoms with Crippen molar-refractivity contribution >= 4 is 23.8 Å². The Morgan fingerprint density at radius 1 is 1.29 bits per heavy atom. The van der Waals surface area contributed by atoms with Crippen LogP contribution >= 0.6 is 0 Å². The molecule has 0 saturated heterocycles. The largest absolute Gasteiger partial charge is 0.482 e. The molecule has 3 N–H and O–H groups in total. The number of amides is 2. The van der Waals surface area contributed by atoms with Crippen LogP contribution in [0.4, 0.5) is 0 Å². The van der Waals surface area contributed by atoms with E-state index in [1.54, 1.807) is 26.8 Å². The van der Waals surface area contributed by atoms with Crippen molar-refractivity contribution in [2.75, 3.05) is 6.61 Å². The third kappa shape index (κ3) is 5.45. The van der Waals surface area contributed by atoms with Crippen LogP contribution in [0.5, 0.6) is 5.75 Å². The van der Waals surface area contributed by atoms with Crippen LogP contribution in [0.15, 0.2) is 18.2 Å². The average molecular weight is 392 g/mol. The molecule has 1 aromatic rings. The minimum Gasteiger partial charge on any atom is -0.482 e. The van der Waals surface area contributed by atoms with Crippen molar-refractivity contribution in [3.8, 4) is 5.75 Å². The van der Waals surface area contributed by atoms with Crippen LogP contribution in [0.1, 0.15) is 49.5 Å². The highest BCUT2D eigenvalue weighted by atomic mass is 16.6. The summed E-state index contributed by atoms with van der Waals surface area (Å²) in [6.45, 7) is 4.74. The van der Waals surface area contributed by atoms with E-state index in [1.165, 1.54) is 17.0 Å². The Balaban J connectivity index is 2.23. The van der Waals surface area contributed by atoms with Gasteiger partial charge in [0.2, 0.25) is 5.91 Å². The van der Waals surface area contributed by atoms with Crippen molar-refractivity contribution in [1.29, 1.82) is 0 Å². The molecule has 0 saturated carbocycles. The summed E-state index contributed by atoms with van der Waals surface area (Å²) in [7, 11) is 0. The Morgan fingerprint density at radius 3 is 2.54 bits per heavy atom. The maximum absolute atomic E-state index is 12.8. The molecule has 28 heavy (non-hydrogen) atoms. The Morgan fingerprint density at radius 2 is 1.96 bits per heavy atom. The van der Waals surface area contributed by atoms with E-state index in [0.717, 1.165) is 0 Å². The van der Waals surface area contributed by atoms with Gasteiger partial charge in [-0.2, -0.15) is 0 Å². The van der Waals surface area contributed by atoms with E-state index in [0.29, 0.717) is 16.9 Å². The highest BCUT2D eigenvalue weighted by Crippen LogP contribution is 2.30. The number of carbonyl (C=O) groups excluding carboxylic acids is 3. The molecule has 0 aliphatic carbocycles. The fourth-order valence-electron chi connectivity index (χ4n) is 2.86. The summed E-state index contributed by atoms with van der Waals surface area (Å²) < 4.78 is 10.5. The lowest BCUT2D eigenvalue weighted by atomic mass is 10.1. The number of fused-ring (bicyclic) bond motifs is 1.